The number of hydrogen-bond acceptors (Lipinski definition) is 7. The molecule has 3 aromatic rings. The predicted molar refractivity (Wildman–Crippen MR) is 240 cm³/mol. The summed E-state index contributed by atoms with van der Waals surface area (Å²) in [4.78, 5) is 33.6. The lowest BCUT2D eigenvalue weighted by Crippen LogP contribution is -2.28. The highest BCUT2D eigenvalue weighted by molar-refractivity contribution is 6.30. The first-order chi connectivity index (χ1) is 26.8. The van der Waals surface area contributed by atoms with Crippen LogP contribution in [0.5, 0.6) is 0 Å². The van der Waals surface area contributed by atoms with Gasteiger partial charge in [0.15, 0.2) is 11.6 Å². The third-order valence-electron chi connectivity index (χ3n) is 9.99. The van der Waals surface area contributed by atoms with E-state index in [1.54, 1.807) is 48.5 Å². The van der Waals surface area contributed by atoms with Gasteiger partial charge in [-0.1, -0.05) is 112 Å². The van der Waals surface area contributed by atoms with Gasteiger partial charge in [0.25, 0.3) is 0 Å². The van der Waals surface area contributed by atoms with Gasteiger partial charge in [-0.3, -0.25) is 9.59 Å². The summed E-state index contributed by atoms with van der Waals surface area (Å²) < 4.78 is 0. The Labute approximate surface area is 354 Å². The normalized spacial score (nSPS) is 15.9. The number of nitrogens with zero attached hydrogens (tertiary/aromatic N) is 5. The van der Waals surface area contributed by atoms with Crippen LogP contribution < -0.4 is 0 Å². The van der Waals surface area contributed by atoms with Crippen LogP contribution in [-0.4, -0.2) is 16.6 Å². The maximum Gasteiger partial charge on any atom is 0.186 e. The minimum absolute atomic E-state index is 0.0105. The fourth-order valence-electron chi connectivity index (χ4n) is 6.70. The van der Waals surface area contributed by atoms with Crippen LogP contribution in [0.25, 0.3) is 11.4 Å². The number of azo groups is 2. The van der Waals surface area contributed by atoms with Crippen LogP contribution in [0.1, 0.15) is 106 Å². The van der Waals surface area contributed by atoms with E-state index in [0.29, 0.717) is 77.6 Å². The molecule has 2 aliphatic carbocycles. The molecule has 1 heterocycles. The molecule has 0 saturated heterocycles. The Morgan fingerprint density at radius 3 is 1.02 bits per heavy atom. The SMILES string of the molecule is Cc1cc(C)c(C(/N=N/c2ccc(Cl)cc2)=C2C=C(C(C)(C)C)C(=O)C(C(C)(C)C)=C2)nc1C(/N=N/c1ccc(Cl)cc1)=C1C=C(C(C)(C)C)C(=O)C(C(C)(C)C)=C1. The minimum Gasteiger partial charge on any atom is -0.289 e. The van der Waals surface area contributed by atoms with Gasteiger partial charge in [0, 0.05) is 43.5 Å². The van der Waals surface area contributed by atoms with Crippen molar-refractivity contribution in [3.63, 3.8) is 0 Å². The average Bonchev–Trinajstić information content (AvgIpc) is 3.10. The number of Topliss-reactive ketones (excluding diaryl/α,β-unsaturated/α-hetero) is 2. The molecule has 2 aliphatic rings. The predicted octanol–water partition coefficient (Wildman–Crippen LogP) is 15.1. The van der Waals surface area contributed by atoms with Gasteiger partial charge in [-0.25, -0.2) is 4.98 Å². The Morgan fingerprint density at radius 2 is 0.759 bits per heavy atom. The van der Waals surface area contributed by atoms with Crippen molar-refractivity contribution in [2.75, 3.05) is 0 Å². The highest BCUT2D eigenvalue weighted by atomic mass is 35.5. The van der Waals surface area contributed by atoms with E-state index < -0.39 is 21.7 Å². The topological polar surface area (TPSA) is 96.5 Å². The summed E-state index contributed by atoms with van der Waals surface area (Å²) in [5.41, 5.74) is 7.26. The first-order valence-electron chi connectivity index (χ1n) is 19.6. The third kappa shape index (κ3) is 10.0. The van der Waals surface area contributed by atoms with E-state index in [4.69, 9.17) is 38.4 Å². The maximum absolute atomic E-state index is 14.1. The smallest absolute Gasteiger partial charge is 0.186 e. The molecule has 0 bridgehead atoms. The molecule has 0 unspecified atom stereocenters. The van der Waals surface area contributed by atoms with E-state index in [-0.39, 0.29) is 11.6 Å². The number of aromatic nitrogens is 1. The summed E-state index contributed by atoms with van der Waals surface area (Å²) in [5.74, 6) is 0.0211. The van der Waals surface area contributed by atoms with E-state index >= 15 is 0 Å². The van der Waals surface area contributed by atoms with Crippen molar-refractivity contribution in [2.24, 2.45) is 42.1 Å². The quantitative estimate of drug-likeness (QED) is 0.232. The zero-order valence-corrected chi connectivity index (χ0v) is 37.8. The molecule has 0 N–H and O–H groups in total. The van der Waals surface area contributed by atoms with Crippen molar-refractivity contribution < 1.29 is 9.59 Å². The molecule has 5 rings (SSSR count). The highest BCUT2D eigenvalue weighted by Gasteiger charge is 2.37. The summed E-state index contributed by atoms with van der Waals surface area (Å²) >= 11 is 12.4. The maximum atomic E-state index is 14.1. The van der Waals surface area contributed by atoms with Crippen LogP contribution >= 0.6 is 23.2 Å². The lowest BCUT2D eigenvalue weighted by Gasteiger charge is -2.32. The molecule has 0 amide bonds. The second-order valence-electron chi connectivity index (χ2n) is 19.2. The lowest BCUT2D eigenvalue weighted by atomic mass is 9.71. The zero-order chi connectivity index (χ0) is 43.1. The second kappa shape index (κ2) is 16.4. The fraction of sp³-hybridized carbons (Fsp3) is 0.367. The van der Waals surface area contributed by atoms with Gasteiger partial charge in [-0.2, -0.15) is 10.2 Å². The molecule has 0 radical (unpaired) electrons. The Bertz CT molecular complexity index is 2170. The molecule has 0 saturated carbocycles. The molecule has 58 heavy (non-hydrogen) atoms. The van der Waals surface area contributed by atoms with E-state index in [9.17, 15) is 9.59 Å². The number of pyridine rings is 1. The average molecular weight is 817 g/mol. The number of benzene rings is 2. The van der Waals surface area contributed by atoms with Crippen LogP contribution in [0.3, 0.4) is 0 Å². The largest absolute Gasteiger partial charge is 0.289 e. The first-order valence-corrected chi connectivity index (χ1v) is 20.3. The fourth-order valence-corrected chi connectivity index (χ4v) is 6.96. The first kappa shape index (κ1) is 44.3. The van der Waals surface area contributed by atoms with Crippen molar-refractivity contribution in [1.82, 2.24) is 4.98 Å². The third-order valence-corrected chi connectivity index (χ3v) is 10.5. The number of ketones is 2. The van der Waals surface area contributed by atoms with Crippen LogP contribution in [0.15, 0.2) is 133 Å². The molecule has 9 heteroatoms. The lowest BCUT2D eigenvalue weighted by molar-refractivity contribution is -0.114. The van der Waals surface area contributed by atoms with E-state index in [1.165, 1.54) is 0 Å². The van der Waals surface area contributed by atoms with Gasteiger partial charge in [-0.05, 0) is 119 Å². The Balaban J connectivity index is 1.93. The van der Waals surface area contributed by atoms with Gasteiger partial charge < -0.3 is 0 Å². The molecular formula is C49H55Cl2N5O2. The minimum atomic E-state index is -0.460. The van der Waals surface area contributed by atoms with Gasteiger partial charge >= 0.3 is 0 Å². The van der Waals surface area contributed by atoms with Gasteiger partial charge in [0.1, 0.15) is 11.4 Å². The van der Waals surface area contributed by atoms with Crippen molar-refractivity contribution >= 4 is 57.5 Å². The Hall–Kier alpha value is -4.85. The molecule has 0 atom stereocenters. The van der Waals surface area contributed by atoms with Crippen LogP contribution in [-0.2, 0) is 9.59 Å². The number of aryl methyl sites for hydroxylation is 2. The van der Waals surface area contributed by atoms with Crippen molar-refractivity contribution in [2.45, 2.75) is 96.9 Å². The number of carbonyl (C=O) groups excluding carboxylic acids is 2. The number of allylic oxidation sites excluding steroid dienone is 10. The summed E-state index contributed by atoms with van der Waals surface area (Å²) in [6.45, 7) is 28.5. The van der Waals surface area contributed by atoms with E-state index in [1.807, 2.05) is 121 Å². The molecule has 0 spiro atoms. The number of rotatable bonds is 6. The summed E-state index contributed by atoms with van der Waals surface area (Å²) in [6, 6.07) is 16.3. The van der Waals surface area contributed by atoms with Crippen LogP contribution in [0.2, 0.25) is 10.0 Å². The van der Waals surface area contributed by atoms with E-state index in [2.05, 4.69) is 16.3 Å². The molecule has 2 aromatic carbocycles. The Kier molecular flexibility index (Phi) is 12.5. The standard InChI is InChI=1S/C49H55Cl2N5O2/c1-28-23-29(2)41(43(56-54-35-21-17-33(51)18-22-35)31-26-38(48(9,10)11)45(58)39(27-31)49(12,13)14)52-40(28)42(55-53-34-19-15-32(50)16-20-34)30-24-36(46(3,4)5)44(57)37(25-30)47(6,7)8/h15-27H,1-14H3/b55-53+,56-54+. The molecule has 7 nitrogen and oxygen atoms in total. The highest BCUT2D eigenvalue weighted by Crippen LogP contribution is 2.44. The van der Waals surface area contributed by atoms with Gasteiger partial charge in [0.05, 0.1) is 22.8 Å². The summed E-state index contributed by atoms with van der Waals surface area (Å²) in [6.07, 6.45) is 7.71. The number of halogens is 2. The monoisotopic (exact) mass is 815 g/mol. The second-order valence-corrected chi connectivity index (χ2v) is 20.0. The molecule has 1 aromatic heterocycles. The molecule has 0 aliphatic heterocycles. The number of hydrogen-bond donors (Lipinski definition) is 0. The molecular weight excluding hydrogens is 761 g/mol. The van der Waals surface area contributed by atoms with Gasteiger partial charge in [-0.15, -0.1) is 10.2 Å². The van der Waals surface area contributed by atoms with Crippen LogP contribution in [0.4, 0.5) is 11.4 Å². The van der Waals surface area contributed by atoms with Crippen molar-refractivity contribution in [1.29, 1.82) is 0 Å². The molecule has 302 valence electrons. The number of carbonyl (C=O) groups is 2. The molecule has 0 fully saturated rings. The Morgan fingerprint density at radius 1 is 0.483 bits per heavy atom. The van der Waals surface area contributed by atoms with Gasteiger partial charge in [0.2, 0.25) is 0 Å². The van der Waals surface area contributed by atoms with Crippen molar-refractivity contribution in [3.05, 3.63) is 145 Å². The van der Waals surface area contributed by atoms with Crippen molar-refractivity contribution in [3.8, 4) is 0 Å². The summed E-state index contributed by atoms with van der Waals surface area (Å²) in [5, 5.41) is 20.4. The van der Waals surface area contributed by atoms with E-state index in [0.717, 1.165) is 11.1 Å². The summed E-state index contributed by atoms with van der Waals surface area (Å²) in [7, 11) is 0. The zero-order valence-electron chi connectivity index (χ0n) is 36.3. The van der Waals surface area contributed by atoms with Crippen LogP contribution in [0, 0.1) is 35.5 Å².